The molecule has 0 spiro atoms. The van der Waals surface area contributed by atoms with Gasteiger partial charge in [0.25, 0.3) is 0 Å². The first-order chi connectivity index (χ1) is 9.70. The number of rotatable bonds is 5. The van der Waals surface area contributed by atoms with Gasteiger partial charge in [0.05, 0.1) is 12.7 Å². The molecule has 0 amide bonds. The van der Waals surface area contributed by atoms with Crippen LogP contribution in [0.25, 0.3) is 0 Å². The number of aromatic nitrogens is 2. The molecule has 1 saturated carbocycles. The molecule has 0 aliphatic heterocycles. The predicted octanol–water partition coefficient (Wildman–Crippen LogP) is 3.04. The minimum Gasteiger partial charge on any atom is -0.312 e. The third kappa shape index (κ3) is 3.10. The molecule has 2 aromatic rings. The van der Waals surface area contributed by atoms with Gasteiger partial charge in [-0.2, -0.15) is 5.10 Å². The van der Waals surface area contributed by atoms with E-state index in [1.807, 2.05) is 10.9 Å². The van der Waals surface area contributed by atoms with Gasteiger partial charge < -0.3 is 5.32 Å². The molecular weight excluding hydrogens is 246 g/mol. The lowest BCUT2D eigenvalue weighted by Gasteiger charge is -2.36. The zero-order valence-corrected chi connectivity index (χ0v) is 12.3. The minimum atomic E-state index is 0.678. The lowest BCUT2D eigenvalue weighted by molar-refractivity contribution is 0.286. The standard InChI is InChI=1S/C17H23N3/c1-13-4-3-5-15(8-13)16-9-17(10-16)18-6-7-20-12-14(2)11-19-20/h3-5,8,11-12,16-18H,6-7,9-10H2,1-2H3. The Morgan fingerprint density at radius 2 is 2.10 bits per heavy atom. The van der Waals surface area contributed by atoms with E-state index in [1.165, 1.54) is 29.5 Å². The highest BCUT2D eigenvalue weighted by Gasteiger charge is 2.29. The van der Waals surface area contributed by atoms with Crippen molar-refractivity contribution < 1.29 is 0 Å². The second kappa shape index (κ2) is 5.80. The molecule has 0 unspecified atom stereocenters. The Morgan fingerprint density at radius 1 is 1.25 bits per heavy atom. The monoisotopic (exact) mass is 269 g/mol. The zero-order valence-electron chi connectivity index (χ0n) is 12.3. The highest BCUT2D eigenvalue weighted by molar-refractivity contribution is 5.27. The van der Waals surface area contributed by atoms with E-state index < -0.39 is 0 Å². The fourth-order valence-electron chi connectivity index (χ4n) is 2.95. The maximum Gasteiger partial charge on any atom is 0.0534 e. The Hall–Kier alpha value is -1.61. The van der Waals surface area contributed by atoms with Crippen LogP contribution in [0.3, 0.4) is 0 Å². The Labute approximate surface area is 121 Å². The van der Waals surface area contributed by atoms with Crippen LogP contribution in [0, 0.1) is 13.8 Å². The molecule has 0 atom stereocenters. The van der Waals surface area contributed by atoms with E-state index in [0.29, 0.717) is 6.04 Å². The van der Waals surface area contributed by atoms with Crippen molar-refractivity contribution in [2.24, 2.45) is 0 Å². The van der Waals surface area contributed by atoms with Gasteiger partial charge in [-0.3, -0.25) is 4.68 Å². The topological polar surface area (TPSA) is 29.9 Å². The largest absolute Gasteiger partial charge is 0.312 e. The van der Waals surface area contributed by atoms with Crippen molar-refractivity contribution in [1.82, 2.24) is 15.1 Å². The second-order valence-corrected chi connectivity index (χ2v) is 6.01. The molecule has 1 aromatic carbocycles. The van der Waals surface area contributed by atoms with Crippen molar-refractivity contribution >= 4 is 0 Å². The van der Waals surface area contributed by atoms with Gasteiger partial charge in [0.1, 0.15) is 0 Å². The molecule has 3 nitrogen and oxygen atoms in total. The Kier molecular flexibility index (Phi) is 3.88. The molecule has 1 heterocycles. The molecule has 1 aliphatic rings. The van der Waals surface area contributed by atoms with E-state index in [4.69, 9.17) is 0 Å². The molecule has 1 aromatic heterocycles. The maximum atomic E-state index is 4.31. The van der Waals surface area contributed by atoms with E-state index in [1.54, 1.807) is 0 Å². The maximum absolute atomic E-state index is 4.31. The number of nitrogens with zero attached hydrogens (tertiary/aromatic N) is 2. The molecule has 1 aliphatic carbocycles. The van der Waals surface area contributed by atoms with E-state index in [2.05, 4.69) is 54.7 Å². The highest BCUT2D eigenvalue weighted by Crippen LogP contribution is 2.36. The van der Waals surface area contributed by atoms with Crippen LogP contribution in [0.15, 0.2) is 36.7 Å². The van der Waals surface area contributed by atoms with E-state index >= 15 is 0 Å². The summed E-state index contributed by atoms with van der Waals surface area (Å²) >= 11 is 0. The molecule has 1 fully saturated rings. The summed E-state index contributed by atoms with van der Waals surface area (Å²) in [7, 11) is 0. The van der Waals surface area contributed by atoms with Gasteiger partial charge >= 0.3 is 0 Å². The number of hydrogen-bond donors (Lipinski definition) is 1. The number of nitrogens with one attached hydrogen (secondary N) is 1. The zero-order chi connectivity index (χ0) is 13.9. The average Bonchev–Trinajstić information content (AvgIpc) is 2.78. The lowest BCUT2D eigenvalue weighted by Crippen LogP contribution is -2.41. The minimum absolute atomic E-state index is 0.678. The summed E-state index contributed by atoms with van der Waals surface area (Å²) < 4.78 is 2.01. The third-order valence-corrected chi connectivity index (χ3v) is 4.19. The molecule has 3 rings (SSSR count). The summed E-state index contributed by atoms with van der Waals surface area (Å²) in [4.78, 5) is 0. The van der Waals surface area contributed by atoms with Crippen molar-refractivity contribution in [3.63, 3.8) is 0 Å². The molecule has 20 heavy (non-hydrogen) atoms. The number of hydrogen-bond acceptors (Lipinski definition) is 2. The predicted molar refractivity (Wildman–Crippen MR) is 81.9 cm³/mol. The van der Waals surface area contributed by atoms with Crippen LogP contribution >= 0.6 is 0 Å². The molecule has 3 heteroatoms. The second-order valence-electron chi connectivity index (χ2n) is 6.01. The third-order valence-electron chi connectivity index (χ3n) is 4.19. The van der Waals surface area contributed by atoms with Crippen LogP contribution in [0.5, 0.6) is 0 Å². The molecule has 0 bridgehead atoms. The molecular formula is C17H23N3. The Balaban J connectivity index is 1.40. The van der Waals surface area contributed by atoms with E-state index in [0.717, 1.165) is 19.0 Å². The van der Waals surface area contributed by atoms with Gasteiger partial charge in [-0.15, -0.1) is 0 Å². The van der Waals surface area contributed by atoms with Gasteiger partial charge in [-0.25, -0.2) is 0 Å². The van der Waals surface area contributed by atoms with Gasteiger partial charge in [0.15, 0.2) is 0 Å². The average molecular weight is 269 g/mol. The van der Waals surface area contributed by atoms with E-state index in [-0.39, 0.29) is 0 Å². The fourth-order valence-corrected chi connectivity index (χ4v) is 2.95. The fraction of sp³-hybridized carbons (Fsp3) is 0.471. The molecule has 0 radical (unpaired) electrons. The lowest BCUT2D eigenvalue weighted by atomic mass is 9.75. The van der Waals surface area contributed by atoms with Gasteiger partial charge in [0, 0.05) is 18.8 Å². The van der Waals surface area contributed by atoms with Crippen molar-refractivity contribution in [3.8, 4) is 0 Å². The quantitative estimate of drug-likeness (QED) is 0.904. The van der Waals surface area contributed by atoms with Crippen LogP contribution in [0.4, 0.5) is 0 Å². The Morgan fingerprint density at radius 3 is 2.80 bits per heavy atom. The SMILES string of the molecule is Cc1cccc(C2CC(NCCn3cc(C)cn3)C2)c1. The molecule has 106 valence electrons. The Bertz CT molecular complexity index is 567. The van der Waals surface area contributed by atoms with Crippen molar-refractivity contribution in [1.29, 1.82) is 0 Å². The first kappa shape index (κ1) is 13.4. The van der Waals surface area contributed by atoms with Crippen LogP contribution in [-0.2, 0) is 6.54 Å². The van der Waals surface area contributed by atoms with E-state index in [9.17, 15) is 0 Å². The summed E-state index contributed by atoms with van der Waals surface area (Å²) in [6, 6.07) is 9.61. The van der Waals surface area contributed by atoms with Crippen LogP contribution < -0.4 is 5.32 Å². The number of aryl methyl sites for hydroxylation is 2. The molecule has 0 saturated heterocycles. The normalized spacial score (nSPS) is 21.7. The summed E-state index contributed by atoms with van der Waals surface area (Å²) in [6.45, 7) is 6.21. The number of benzene rings is 1. The van der Waals surface area contributed by atoms with Crippen LogP contribution in [0.1, 0.15) is 35.4 Å². The summed E-state index contributed by atoms with van der Waals surface area (Å²) in [5.74, 6) is 0.749. The van der Waals surface area contributed by atoms with Gasteiger partial charge in [-0.05, 0) is 43.7 Å². The first-order valence-electron chi connectivity index (χ1n) is 7.50. The van der Waals surface area contributed by atoms with Crippen LogP contribution in [0.2, 0.25) is 0 Å². The summed E-state index contributed by atoms with van der Waals surface area (Å²) in [5, 5.41) is 7.94. The smallest absolute Gasteiger partial charge is 0.0534 e. The van der Waals surface area contributed by atoms with Crippen molar-refractivity contribution in [3.05, 3.63) is 53.3 Å². The van der Waals surface area contributed by atoms with Gasteiger partial charge in [0.2, 0.25) is 0 Å². The van der Waals surface area contributed by atoms with Gasteiger partial charge in [-0.1, -0.05) is 29.8 Å². The van der Waals surface area contributed by atoms with Crippen molar-refractivity contribution in [2.45, 2.75) is 45.2 Å². The summed E-state index contributed by atoms with van der Waals surface area (Å²) in [5.41, 5.74) is 4.10. The molecule has 1 N–H and O–H groups in total. The first-order valence-corrected chi connectivity index (χ1v) is 7.50. The van der Waals surface area contributed by atoms with Crippen LogP contribution in [-0.4, -0.2) is 22.4 Å². The van der Waals surface area contributed by atoms with Crippen molar-refractivity contribution in [2.75, 3.05) is 6.54 Å². The summed E-state index contributed by atoms with van der Waals surface area (Å²) in [6.07, 6.45) is 6.54. The highest BCUT2D eigenvalue weighted by atomic mass is 15.3.